The van der Waals surface area contributed by atoms with Crippen LogP contribution in [0.2, 0.25) is 0 Å². The van der Waals surface area contributed by atoms with E-state index in [1.165, 1.54) is 0 Å². The van der Waals surface area contributed by atoms with Gasteiger partial charge in [0.2, 0.25) is 0 Å². The molecule has 0 heterocycles. The van der Waals surface area contributed by atoms with Gasteiger partial charge in [-0.15, -0.1) is 0 Å². The van der Waals surface area contributed by atoms with Gasteiger partial charge in [-0.2, -0.15) is 0 Å². The summed E-state index contributed by atoms with van der Waals surface area (Å²) < 4.78 is 4.58. The molecule has 0 aromatic rings. The van der Waals surface area contributed by atoms with Crippen molar-refractivity contribution < 1.29 is 19.4 Å². The highest BCUT2D eigenvalue weighted by atomic mass is 16.5. The fraction of sp³-hybridized carbons (Fsp3) is 0.571. The zero-order valence-corrected chi connectivity index (χ0v) is 6.37. The molecule has 0 aromatic heterocycles. The molecule has 11 heavy (non-hydrogen) atoms. The van der Waals surface area contributed by atoms with E-state index in [-0.39, 0.29) is 12.8 Å². The van der Waals surface area contributed by atoms with Crippen molar-refractivity contribution in [2.45, 2.75) is 25.9 Å². The minimum atomic E-state index is -1.02. The first-order chi connectivity index (χ1) is 5.06. The molecule has 0 spiro atoms. The lowest BCUT2D eigenvalue weighted by Crippen LogP contribution is -2.17. The molecule has 0 amide bonds. The van der Waals surface area contributed by atoms with E-state index in [9.17, 15) is 9.59 Å². The van der Waals surface area contributed by atoms with Crippen LogP contribution in [-0.4, -0.2) is 23.1 Å². The van der Waals surface area contributed by atoms with E-state index in [0.29, 0.717) is 0 Å². The molecule has 0 bridgehead atoms. The predicted octanol–water partition coefficient (Wildman–Crippen LogP) is 0.617. The Morgan fingerprint density at radius 1 is 1.64 bits per heavy atom. The minimum Gasteiger partial charge on any atom is -0.481 e. The Balaban J connectivity index is 3.60. The molecule has 0 aliphatic rings. The number of ether oxygens (including phenoxy) is 1. The average molecular weight is 159 g/mol. The lowest BCUT2D eigenvalue weighted by molar-refractivity contribution is -0.150. The molecule has 0 rings (SSSR count). The molecule has 0 unspecified atom stereocenters. The highest BCUT2D eigenvalue weighted by molar-refractivity contribution is 5.71. The molecule has 1 N–H and O–H groups in total. The van der Waals surface area contributed by atoms with Crippen LogP contribution < -0.4 is 0 Å². The van der Waals surface area contributed by atoms with E-state index in [4.69, 9.17) is 5.11 Å². The molecule has 0 aliphatic heterocycles. The molecule has 0 fully saturated rings. The SMILES string of the molecule is [CH2][C@H](CC(=O)O)OC(=O)CC. The average Bonchev–Trinajstić information content (AvgIpc) is 1.85. The summed E-state index contributed by atoms with van der Waals surface area (Å²) in [6, 6.07) is 0. The zero-order valence-electron chi connectivity index (χ0n) is 6.37. The number of hydrogen-bond acceptors (Lipinski definition) is 3. The Kier molecular flexibility index (Phi) is 4.26. The normalized spacial score (nSPS) is 12.2. The van der Waals surface area contributed by atoms with Gasteiger partial charge in [0.15, 0.2) is 0 Å². The first-order valence-electron chi connectivity index (χ1n) is 3.30. The largest absolute Gasteiger partial charge is 0.481 e. The quantitative estimate of drug-likeness (QED) is 0.610. The first-order valence-corrected chi connectivity index (χ1v) is 3.30. The standard InChI is InChI=1S/C7H11O4/c1-3-7(10)11-5(2)4-6(8)9/h5H,2-4H2,1H3,(H,8,9)/t5-/m1/s1. The van der Waals surface area contributed by atoms with Crippen molar-refractivity contribution in [1.82, 2.24) is 0 Å². The van der Waals surface area contributed by atoms with Crippen molar-refractivity contribution in [3.63, 3.8) is 0 Å². The Morgan fingerprint density at radius 3 is 2.55 bits per heavy atom. The summed E-state index contributed by atoms with van der Waals surface area (Å²) >= 11 is 0. The van der Waals surface area contributed by atoms with Gasteiger partial charge in [-0.3, -0.25) is 9.59 Å². The number of hydrogen-bond donors (Lipinski definition) is 1. The van der Waals surface area contributed by atoms with Crippen molar-refractivity contribution in [2.24, 2.45) is 0 Å². The second kappa shape index (κ2) is 4.71. The lowest BCUT2D eigenvalue weighted by atomic mass is 10.3. The van der Waals surface area contributed by atoms with E-state index < -0.39 is 18.0 Å². The molecular weight excluding hydrogens is 148 g/mol. The van der Waals surface area contributed by atoms with Crippen LogP contribution in [0.4, 0.5) is 0 Å². The molecule has 0 aliphatic carbocycles. The van der Waals surface area contributed by atoms with Gasteiger partial charge in [0, 0.05) is 6.42 Å². The molecule has 4 nitrogen and oxygen atoms in total. The topological polar surface area (TPSA) is 63.6 Å². The van der Waals surface area contributed by atoms with Crippen molar-refractivity contribution in [1.29, 1.82) is 0 Å². The number of carboxylic acid groups (broad SMARTS) is 1. The summed E-state index contributed by atoms with van der Waals surface area (Å²) in [6.07, 6.45) is -0.780. The third-order valence-corrected chi connectivity index (χ3v) is 0.989. The Morgan fingerprint density at radius 2 is 2.18 bits per heavy atom. The van der Waals surface area contributed by atoms with Gasteiger partial charge < -0.3 is 9.84 Å². The number of esters is 1. The van der Waals surface area contributed by atoms with Crippen LogP contribution in [0.1, 0.15) is 19.8 Å². The van der Waals surface area contributed by atoms with Crippen LogP contribution in [0.5, 0.6) is 0 Å². The third-order valence-electron chi connectivity index (χ3n) is 0.989. The predicted molar refractivity (Wildman–Crippen MR) is 37.8 cm³/mol. The highest BCUT2D eigenvalue weighted by Gasteiger charge is 2.10. The second-order valence-corrected chi connectivity index (χ2v) is 2.06. The van der Waals surface area contributed by atoms with E-state index in [1.807, 2.05) is 0 Å². The summed E-state index contributed by atoms with van der Waals surface area (Å²) in [6.45, 7) is 4.98. The second-order valence-electron chi connectivity index (χ2n) is 2.06. The van der Waals surface area contributed by atoms with Gasteiger partial charge in [0.25, 0.3) is 0 Å². The van der Waals surface area contributed by atoms with Gasteiger partial charge in [-0.1, -0.05) is 6.92 Å². The molecule has 1 radical (unpaired) electrons. The number of carbonyl (C=O) groups is 2. The first kappa shape index (κ1) is 9.94. The summed E-state index contributed by atoms with van der Waals surface area (Å²) in [5.41, 5.74) is 0. The highest BCUT2D eigenvalue weighted by Crippen LogP contribution is 1.98. The van der Waals surface area contributed by atoms with Gasteiger partial charge in [0.05, 0.1) is 6.42 Å². The maximum Gasteiger partial charge on any atom is 0.307 e. The fourth-order valence-electron chi connectivity index (χ4n) is 0.506. The Labute approximate surface area is 65.2 Å². The van der Waals surface area contributed by atoms with E-state index in [0.717, 1.165) is 0 Å². The van der Waals surface area contributed by atoms with Crippen LogP contribution in [0, 0.1) is 6.92 Å². The van der Waals surface area contributed by atoms with Gasteiger partial charge in [0.1, 0.15) is 6.10 Å². The summed E-state index contributed by atoms with van der Waals surface area (Å²) in [4.78, 5) is 20.6. The van der Waals surface area contributed by atoms with E-state index in [1.54, 1.807) is 6.92 Å². The van der Waals surface area contributed by atoms with Crippen LogP contribution >= 0.6 is 0 Å². The maximum absolute atomic E-state index is 10.5. The molecule has 63 valence electrons. The minimum absolute atomic E-state index is 0.242. The molecule has 0 saturated carbocycles. The molecule has 0 saturated heterocycles. The van der Waals surface area contributed by atoms with E-state index in [2.05, 4.69) is 11.7 Å². The van der Waals surface area contributed by atoms with Crippen molar-refractivity contribution in [3.8, 4) is 0 Å². The molecular formula is C7H11O4. The van der Waals surface area contributed by atoms with Crippen LogP contribution in [0.15, 0.2) is 0 Å². The Hall–Kier alpha value is -1.06. The van der Waals surface area contributed by atoms with Gasteiger partial charge in [-0.25, -0.2) is 0 Å². The number of aliphatic carboxylic acids is 1. The zero-order chi connectivity index (χ0) is 8.85. The molecule has 0 aromatic carbocycles. The van der Waals surface area contributed by atoms with Crippen molar-refractivity contribution >= 4 is 11.9 Å². The maximum atomic E-state index is 10.5. The number of carbonyl (C=O) groups excluding carboxylic acids is 1. The monoisotopic (exact) mass is 159 g/mol. The summed E-state index contributed by atoms with van der Waals surface area (Å²) in [5.74, 6) is -1.44. The molecule has 1 atom stereocenters. The van der Waals surface area contributed by atoms with Crippen LogP contribution in [0.25, 0.3) is 0 Å². The van der Waals surface area contributed by atoms with Crippen molar-refractivity contribution in [3.05, 3.63) is 6.92 Å². The smallest absolute Gasteiger partial charge is 0.307 e. The summed E-state index contributed by atoms with van der Waals surface area (Å²) in [5, 5.41) is 8.24. The van der Waals surface area contributed by atoms with Crippen LogP contribution in [-0.2, 0) is 14.3 Å². The number of carboxylic acids is 1. The molecule has 4 heteroatoms. The van der Waals surface area contributed by atoms with Gasteiger partial charge in [-0.05, 0) is 6.92 Å². The summed E-state index contributed by atoms with van der Waals surface area (Å²) in [7, 11) is 0. The number of rotatable bonds is 4. The van der Waals surface area contributed by atoms with E-state index >= 15 is 0 Å². The lowest BCUT2D eigenvalue weighted by Gasteiger charge is -2.08. The van der Waals surface area contributed by atoms with Gasteiger partial charge >= 0.3 is 11.9 Å². The van der Waals surface area contributed by atoms with Crippen LogP contribution in [0.3, 0.4) is 0 Å². The Bertz CT molecular complexity index is 153. The third kappa shape index (κ3) is 5.39. The fourth-order valence-corrected chi connectivity index (χ4v) is 0.506. The van der Waals surface area contributed by atoms with Crippen molar-refractivity contribution in [2.75, 3.05) is 0 Å².